The second-order valence-electron chi connectivity index (χ2n) is 6.58. The van der Waals surface area contributed by atoms with Gasteiger partial charge >= 0.3 is 5.97 Å². The zero-order valence-electron chi connectivity index (χ0n) is 15.4. The number of aromatic nitrogens is 1. The summed E-state index contributed by atoms with van der Waals surface area (Å²) in [7, 11) is 0. The first-order valence-electron chi connectivity index (χ1n) is 8.68. The average Bonchev–Trinajstić information content (AvgIpc) is 3.19. The van der Waals surface area contributed by atoms with Crippen molar-refractivity contribution in [2.45, 2.75) is 40.4 Å². The Hall–Kier alpha value is -2.79. The molecule has 136 valence electrons. The van der Waals surface area contributed by atoms with Gasteiger partial charge in [-0.3, -0.25) is 0 Å². The van der Waals surface area contributed by atoms with Crippen molar-refractivity contribution < 1.29 is 14.3 Å². The fourth-order valence-electron chi connectivity index (χ4n) is 3.29. The molecule has 2 heterocycles. The molecule has 0 spiro atoms. The van der Waals surface area contributed by atoms with Crippen LogP contribution in [0.25, 0.3) is 0 Å². The van der Waals surface area contributed by atoms with E-state index in [9.17, 15) is 9.90 Å². The van der Waals surface area contributed by atoms with Crippen molar-refractivity contribution in [3.8, 4) is 0 Å². The van der Waals surface area contributed by atoms with E-state index in [1.165, 1.54) is 5.56 Å². The summed E-state index contributed by atoms with van der Waals surface area (Å²) in [6, 6.07) is 12.1. The maximum atomic E-state index is 11.8. The monoisotopic (exact) mass is 352 g/mol. The van der Waals surface area contributed by atoms with Crippen molar-refractivity contribution in [3.63, 3.8) is 0 Å². The van der Waals surface area contributed by atoms with Crippen molar-refractivity contribution in [3.05, 3.63) is 82.1 Å². The number of hydrogen-bond donors (Lipinski definition) is 2. The molecule has 0 aliphatic heterocycles. The second-order valence-corrected chi connectivity index (χ2v) is 6.58. The summed E-state index contributed by atoms with van der Waals surface area (Å²) in [6.45, 7) is 7.62. The number of benzene rings is 1. The first-order chi connectivity index (χ1) is 12.5. The van der Waals surface area contributed by atoms with Crippen molar-refractivity contribution in [2.75, 3.05) is 0 Å². The van der Waals surface area contributed by atoms with Gasteiger partial charge in [0.15, 0.2) is 0 Å². The Morgan fingerprint density at radius 1 is 1.08 bits per heavy atom. The lowest BCUT2D eigenvalue weighted by atomic mass is 10.1. The standard InChI is InChI=1S/C21H24N2O3/c1-14-6-8-17(9-7-14)13-23-15(2)19(20(16(23)3)21(24)25)12-22-11-18-5-4-10-26-18/h4-10,22H,11-13H2,1-3H3,(H,24,25). The predicted octanol–water partition coefficient (Wildman–Crippen LogP) is 4.04. The molecule has 0 aliphatic rings. The molecular formula is C21H24N2O3. The maximum absolute atomic E-state index is 11.8. The molecule has 3 aromatic rings. The van der Waals surface area contributed by atoms with E-state index in [4.69, 9.17) is 4.42 Å². The number of nitrogens with one attached hydrogen (secondary N) is 1. The van der Waals surface area contributed by atoms with Gasteiger partial charge in [-0.2, -0.15) is 0 Å². The number of hydrogen-bond acceptors (Lipinski definition) is 3. The van der Waals surface area contributed by atoms with Gasteiger partial charge < -0.3 is 19.4 Å². The third-order valence-corrected chi connectivity index (χ3v) is 4.77. The van der Waals surface area contributed by atoms with E-state index in [0.29, 0.717) is 25.2 Å². The summed E-state index contributed by atoms with van der Waals surface area (Å²) >= 11 is 0. The topological polar surface area (TPSA) is 67.4 Å². The van der Waals surface area contributed by atoms with Crippen LogP contribution in [0.15, 0.2) is 47.1 Å². The SMILES string of the molecule is Cc1ccc(Cn2c(C)c(CNCc3ccco3)c(C(=O)O)c2C)cc1. The summed E-state index contributed by atoms with van der Waals surface area (Å²) in [5, 5.41) is 13.0. The van der Waals surface area contributed by atoms with Crippen LogP contribution in [0.2, 0.25) is 0 Å². The number of furan rings is 1. The number of aryl methyl sites for hydroxylation is 1. The molecule has 0 bridgehead atoms. The molecule has 0 fully saturated rings. The number of aromatic carboxylic acids is 1. The highest BCUT2D eigenvalue weighted by Gasteiger charge is 2.22. The Morgan fingerprint density at radius 2 is 1.81 bits per heavy atom. The molecular weight excluding hydrogens is 328 g/mol. The minimum atomic E-state index is -0.886. The van der Waals surface area contributed by atoms with E-state index < -0.39 is 5.97 Å². The molecule has 0 unspecified atom stereocenters. The van der Waals surface area contributed by atoms with Crippen LogP contribution < -0.4 is 5.32 Å². The van der Waals surface area contributed by atoms with E-state index >= 15 is 0 Å². The highest BCUT2D eigenvalue weighted by atomic mass is 16.4. The molecule has 5 nitrogen and oxygen atoms in total. The van der Waals surface area contributed by atoms with Gasteiger partial charge in [0.25, 0.3) is 0 Å². The zero-order chi connectivity index (χ0) is 18.7. The Morgan fingerprint density at radius 3 is 2.42 bits per heavy atom. The summed E-state index contributed by atoms with van der Waals surface area (Å²) in [5.74, 6) is -0.0570. The van der Waals surface area contributed by atoms with Crippen molar-refractivity contribution >= 4 is 5.97 Å². The molecule has 5 heteroatoms. The summed E-state index contributed by atoms with van der Waals surface area (Å²) in [4.78, 5) is 11.8. The summed E-state index contributed by atoms with van der Waals surface area (Å²) in [5.41, 5.74) is 5.35. The average molecular weight is 352 g/mol. The predicted molar refractivity (Wildman–Crippen MR) is 100 cm³/mol. The number of carboxylic acid groups (broad SMARTS) is 1. The number of rotatable bonds is 7. The maximum Gasteiger partial charge on any atom is 0.337 e. The molecule has 0 atom stereocenters. The van der Waals surface area contributed by atoms with Crippen molar-refractivity contribution in [2.24, 2.45) is 0 Å². The van der Waals surface area contributed by atoms with Crippen LogP contribution in [0.3, 0.4) is 0 Å². The highest BCUT2D eigenvalue weighted by Crippen LogP contribution is 2.24. The van der Waals surface area contributed by atoms with Crippen LogP contribution in [0.1, 0.15) is 44.2 Å². The lowest BCUT2D eigenvalue weighted by molar-refractivity contribution is 0.0694. The number of carbonyl (C=O) groups is 1. The third kappa shape index (κ3) is 3.73. The van der Waals surface area contributed by atoms with Crippen LogP contribution in [-0.2, 0) is 19.6 Å². The van der Waals surface area contributed by atoms with E-state index in [1.54, 1.807) is 6.26 Å². The van der Waals surface area contributed by atoms with Crippen molar-refractivity contribution in [1.82, 2.24) is 9.88 Å². The first kappa shape index (κ1) is 18.0. The van der Waals surface area contributed by atoms with Crippen LogP contribution in [0.5, 0.6) is 0 Å². The van der Waals surface area contributed by atoms with Gasteiger partial charge in [-0.05, 0) is 38.5 Å². The molecule has 0 saturated heterocycles. The minimum Gasteiger partial charge on any atom is -0.478 e. The van der Waals surface area contributed by atoms with E-state index in [1.807, 2.05) is 26.0 Å². The number of nitrogens with zero attached hydrogens (tertiary/aromatic N) is 1. The van der Waals surface area contributed by atoms with Crippen LogP contribution in [0, 0.1) is 20.8 Å². The lowest BCUT2D eigenvalue weighted by Crippen LogP contribution is -2.15. The van der Waals surface area contributed by atoms with Crippen LogP contribution >= 0.6 is 0 Å². The van der Waals surface area contributed by atoms with Gasteiger partial charge in [0.2, 0.25) is 0 Å². The minimum absolute atomic E-state index is 0.390. The quantitative estimate of drug-likeness (QED) is 0.673. The zero-order valence-corrected chi connectivity index (χ0v) is 15.4. The van der Waals surface area contributed by atoms with E-state index in [2.05, 4.69) is 41.1 Å². The molecule has 0 saturated carbocycles. The van der Waals surface area contributed by atoms with Crippen LogP contribution in [0.4, 0.5) is 0 Å². The van der Waals surface area contributed by atoms with E-state index in [-0.39, 0.29) is 0 Å². The second kappa shape index (κ2) is 7.62. The van der Waals surface area contributed by atoms with Gasteiger partial charge in [-0.25, -0.2) is 4.79 Å². The molecule has 1 aromatic carbocycles. The Bertz CT molecular complexity index is 890. The normalized spacial score (nSPS) is 11.0. The molecule has 0 aliphatic carbocycles. The van der Waals surface area contributed by atoms with Gasteiger partial charge in [0.05, 0.1) is 18.4 Å². The van der Waals surface area contributed by atoms with Crippen LogP contribution in [-0.4, -0.2) is 15.6 Å². The molecule has 3 rings (SSSR count). The third-order valence-electron chi connectivity index (χ3n) is 4.77. The number of carboxylic acids is 1. The molecule has 0 radical (unpaired) electrons. The largest absolute Gasteiger partial charge is 0.478 e. The lowest BCUT2D eigenvalue weighted by Gasteiger charge is -2.10. The Kier molecular flexibility index (Phi) is 5.28. The fraction of sp³-hybridized carbons (Fsp3) is 0.286. The first-order valence-corrected chi connectivity index (χ1v) is 8.68. The summed E-state index contributed by atoms with van der Waals surface area (Å²) < 4.78 is 7.39. The highest BCUT2D eigenvalue weighted by molar-refractivity contribution is 5.91. The molecule has 26 heavy (non-hydrogen) atoms. The Labute approximate surface area is 153 Å². The van der Waals surface area contributed by atoms with Gasteiger partial charge in [0.1, 0.15) is 5.76 Å². The molecule has 2 N–H and O–H groups in total. The van der Waals surface area contributed by atoms with Gasteiger partial charge in [-0.15, -0.1) is 0 Å². The fourth-order valence-corrected chi connectivity index (χ4v) is 3.29. The smallest absolute Gasteiger partial charge is 0.337 e. The van der Waals surface area contributed by atoms with Gasteiger partial charge in [0, 0.05) is 30.0 Å². The van der Waals surface area contributed by atoms with Gasteiger partial charge in [-0.1, -0.05) is 29.8 Å². The Balaban J connectivity index is 1.85. The molecule has 2 aromatic heterocycles. The van der Waals surface area contributed by atoms with E-state index in [0.717, 1.165) is 28.3 Å². The molecule has 0 amide bonds. The summed E-state index contributed by atoms with van der Waals surface area (Å²) in [6.07, 6.45) is 1.63. The van der Waals surface area contributed by atoms with Crippen molar-refractivity contribution in [1.29, 1.82) is 0 Å².